The summed E-state index contributed by atoms with van der Waals surface area (Å²) in [4.78, 5) is 36.8. The van der Waals surface area contributed by atoms with Gasteiger partial charge in [0, 0.05) is 12.1 Å². The van der Waals surface area contributed by atoms with Crippen LogP contribution in [-0.2, 0) is 20.7 Å². The molecule has 2 aromatic carbocycles. The number of nitrogens with one attached hydrogen (secondary N) is 2. The van der Waals surface area contributed by atoms with Crippen LogP contribution in [0, 0.1) is 12.8 Å². The van der Waals surface area contributed by atoms with E-state index in [9.17, 15) is 14.4 Å². The zero-order valence-electron chi connectivity index (χ0n) is 17.8. The number of carbonyl (C=O) groups excluding carboxylic acids is 3. The number of benzene rings is 2. The second-order valence-electron chi connectivity index (χ2n) is 7.61. The second kappa shape index (κ2) is 11.8. The predicted molar refractivity (Wildman–Crippen MR) is 116 cm³/mol. The Labute approximate surface area is 178 Å². The molecule has 2 N–H and O–H groups in total. The van der Waals surface area contributed by atoms with Crippen LogP contribution in [0.4, 0.5) is 0 Å². The highest BCUT2D eigenvalue weighted by atomic mass is 16.5. The van der Waals surface area contributed by atoms with Gasteiger partial charge in [0.05, 0.1) is 0 Å². The van der Waals surface area contributed by atoms with Gasteiger partial charge in [-0.25, -0.2) is 4.79 Å². The Morgan fingerprint density at radius 1 is 1.00 bits per heavy atom. The molecule has 160 valence electrons. The zero-order chi connectivity index (χ0) is 21.9. The summed E-state index contributed by atoms with van der Waals surface area (Å²) in [5.74, 6) is -1.51. The van der Waals surface area contributed by atoms with Gasteiger partial charge in [-0.3, -0.25) is 9.59 Å². The van der Waals surface area contributed by atoms with E-state index in [0.717, 1.165) is 18.4 Å². The largest absolute Gasteiger partial charge is 0.454 e. The van der Waals surface area contributed by atoms with E-state index < -0.39 is 12.0 Å². The molecule has 0 bridgehead atoms. The third kappa shape index (κ3) is 7.70. The van der Waals surface area contributed by atoms with Crippen molar-refractivity contribution in [3.63, 3.8) is 0 Å². The monoisotopic (exact) mass is 410 g/mol. The van der Waals surface area contributed by atoms with Crippen LogP contribution >= 0.6 is 0 Å². The average molecular weight is 411 g/mol. The van der Waals surface area contributed by atoms with Crippen LogP contribution in [0.5, 0.6) is 0 Å². The van der Waals surface area contributed by atoms with Gasteiger partial charge in [0.1, 0.15) is 6.04 Å². The SMILES string of the molecule is Cc1cccc(C(=O)N[C@H](C(=O)OCC(=O)NCCCc2ccccc2)C(C)C)c1. The van der Waals surface area contributed by atoms with E-state index in [2.05, 4.69) is 10.6 Å². The standard InChI is InChI=1S/C24H30N2O4/c1-17(2)22(26-23(28)20-13-7-9-18(3)15-20)24(29)30-16-21(27)25-14-8-12-19-10-5-4-6-11-19/h4-7,9-11,13,15,17,22H,8,12,14,16H2,1-3H3,(H,25,27)(H,26,28)/t22-/m0/s1. The molecule has 2 rings (SSSR count). The number of carbonyl (C=O) groups is 3. The van der Waals surface area contributed by atoms with Gasteiger partial charge in [-0.05, 0) is 43.4 Å². The van der Waals surface area contributed by atoms with Gasteiger partial charge < -0.3 is 15.4 Å². The fourth-order valence-corrected chi connectivity index (χ4v) is 2.95. The van der Waals surface area contributed by atoms with Crippen molar-refractivity contribution in [3.8, 4) is 0 Å². The van der Waals surface area contributed by atoms with Crippen molar-refractivity contribution in [3.05, 3.63) is 71.3 Å². The van der Waals surface area contributed by atoms with Gasteiger partial charge in [-0.15, -0.1) is 0 Å². The molecule has 30 heavy (non-hydrogen) atoms. The molecule has 0 radical (unpaired) electrons. The molecular formula is C24H30N2O4. The molecule has 0 spiro atoms. The van der Waals surface area contributed by atoms with Crippen LogP contribution in [-0.4, -0.2) is 37.0 Å². The van der Waals surface area contributed by atoms with Gasteiger partial charge in [0.25, 0.3) is 11.8 Å². The molecule has 1 atom stereocenters. The maximum atomic E-state index is 12.4. The lowest BCUT2D eigenvalue weighted by molar-refractivity contribution is -0.151. The lowest BCUT2D eigenvalue weighted by Gasteiger charge is -2.21. The normalized spacial score (nSPS) is 11.6. The highest BCUT2D eigenvalue weighted by Gasteiger charge is 2.26. The summed E-state index contributed by atoms with van der Waals surface area (Å²) >= 11 is 0. The summed E-state index contributed by atoms with van der Waals surface area (Å²) in [6.45, 7) is 5.65. The maximum absolute atomic E-state index is 12.4. The minimum atomic E-state index is -0.830. The Morgan fingerprint density at radius 2 is 1.73 bits per heavy atom. The molecule has 0 aliphatic heterocycles. The summed E-state index contributed by atoms with van der Waals surface area (Å²) in [7, 11) is 0. The minimum absolute atomic E-state index is 0.180. The molecule has 0 heterocycles. The summed E-state index contributed by atoms with van der Waals surface area (Å²) < 4.78 is 5.14. The summed E-state index contributed by atoms with van der Waals surface area (Å²) in [5, 5.41) is 5.45. The number of rotatable bonds is 10. The van der Waals surface area contributed by atoms with Gasteiger partial charge in [-0.2, -0.15) is 0 Å². The molecule has 0 unspecified atom stereocenters. The topological polar surface area (TPSA) is 84.5 Å². The van der Waals surface area contributed by atoms with Crippen LogP contribution in [0.25, 0.3) is 0 Å². The van der Waals surface area contributed by atoms with Crippen LogP contribution in [0.1, 0.15) is 41.8 Å². The van der Waals surface area contributed by atoms with E-state index >= 15 is 0 Å². The van der Waals surface area contributed by atoms with Crippen molar-refractivity contribution in [2.24, 2.45) is 5.92 Å². The van der Waals surface area contributed by atoms with Crippen molar-refractivity contribution in [1.82, 2.24) is 10.6 Å². The third-order valence-corrected chi connectivity index (χ3v) is 4.64. The Kier molecular flexibility index (Phi) is 9.06. The van der Waals surface area contributed by atoms with Crippen molar-refractivity contribution < 1.29 is 19.1 Å². The maximum Gasteiger partial charge on any atom is 0.329 e. The molecule has 0 aliphatic rings. The average Bonchev–Trinajstić information content (AvgIpc) is 2.73. The molecule has 0 saturated heterocycles. The van der Waals surface area contributed by atoms with Crippen LogP contribution < -0.4 is 10.6 Å². The van der Waals surface area contributed by atoms with Crippen molar-refractivity contribution in [2.45, 2.75) is 39.7 Å². The van der Waals surface area contributed by atoms with E-state index in [1.165, 1.54) is 5.56 Å². The quantitative estimate of drug-likeness (QED) is 0.466. The number of hydrogen-bond acceptors (Lipinski definition) is 4. The summed E-state index contributed by atoms with van der Waals surface area (Å²) in [6.07, 6.45) is 1.66. The van der Waals surface area contributed by atoms with E-state index in [-0.39, 0.29) is 24.3 Å². The van der Waals surface area contributed by atoms with Crippen molar-refractivity contribution in [1.29, 1.82) is 0 Å². The third-order valence-electron chi connectivity index (χ3n) is 4.64. The molecule has 6 nitrogen and oxygen atoms in total. The van der Waals surface area contributed by atoms with E-state index in [4.69, 9.17) is 4.74 Å². The summed E-state index contributed by atoms with van der Waals surface area (Å²) in [6, 6.07) is 16.3. The highest BCUT2D eigenvalue weighted by Crippen LogP contribution is 2.08. The molecule has 2 aromatic rings. The van der Waals surface area contributed by atoms with E-state index in [1.807, 2.05) is 57.2 Å². The Bertz CT molecular complexity index is 849. The van der Waals surface area contributed by atoms with E-state index in [1.54, 1.807) is 18.2 Å². The highest BCUT2D eigenvalue weighted by molar-refractivity contribution is 5.97. The zero-order valence-corrected chi connectivity index (χ0v) is 17.8. The van der Waals surface area contributed by atoms with E-state index in [0.29, 0.717) is 12.1 Å². The first-order valence-corrected chi connectivity index (χ1v) is 10.2. The van der Waals surface area contributed by atoms with Crippen molar-refractivity contribution >= 4 is 17.8 Å². The predicted octanol–water partition coefficient (Wildman–Crippen LogP) is 3.04. The molecule has 2 amide bonds. The fraction of sp³-hybridized carbons (Fsp3) is 0.375. The Hall–Kier alpha value is -3.15. The fourth-order valence-electron chi connectivity index (χ4n) is 2.95. The lowest BCUT2D eigenvalue weighted by atomic mass is 10.0. The van der Waals surface area contributed by atoms with Crippen LogP contribution in [0.3, 0.4) is 0 Å². The van der Waals surface area contributed by atoms with Crippen molar-refractivity contribution in [2.75, 3.05) is 13.2 Å². The first kappa shape index (κ1) is 23.1. The number of amides is 2. The second-order valence-corrected chi connectivity index (χ2v) is 7.61. The molecule has 0 aliphatic carbocycles. The van der Waals surface area contributed by atoms with Gasteiger partial charge in [0.2, 0.25) is 0 Å². The Balaban J connectivity index is 1.76. The van der Waals surface area contributed by atoms with Gasteiger partial charge in [-0.1, -0.05) is 61.9 Å². The number of ether oxygens (including phenoxy) is 1. The van der Waals surface area contributed by atoms with Gasteiger partial charge >= 0.3 is 5.97 Å². The molecule has 0 fully saturated rings. The van der Waals surface area contributed by atoms with Crippen LogP contribution in [0.2, 0.25) is 0 Å². The first-order chi connectivity index (χ1) is 14.4. The number of aryl methyl sites for hydroxylation is 2. The summed E-state index contributed by atoms with van der Waals surface area (Å²) in [5.41, 5.74) is 2.64. The number of hydrogen-bond donors (Lipinski definition) is 2. The van der Waals surface area contributed by atoms with Gasteiger partial charge in [0.15, 0.2) is 6.61 Å². The minimum Gasteiger partial charge on any atom is -0.454 e. The first-order valence-electron chi connectivity index (χ1n) is 10.2. The molecule has 0 saturated carbocycles. The number of esters is 1. The molecule has 0 aromatic heterocycles. The molecule has 6 heteroatoms. The van der Waals surface area contributed by atoms with Crippen LogP contribution in [0.15, 0.2) is 54.6 Å². The Morgan fingerprint density at radius 3 is 2.40 bits per heavy atom. The molecular weight excluding hydrogens is 380 g/mol. The lowest BCUT2D eigenvalue weighted by Crippen LogP contribution is -2.46. The smallest absolute Gasteiger partial charge is 0.329 e.